The van der Waals surface area contributed by atoms with Gasteiger partial charge in [0.1, 0.15) is 0 Å². The van der Waals surface area contributed by atoms with Crippen molar-refractivity contribution in [2.75, 3.05) is 13.7 Å². The van der Waals surface area contributed by atoms with Crippen molar-refractivity contribution in [2.45, 2.75) is 25.5 Å². The van der Waals surface area contributed by atoms with Crippen LogP contribution in [0.5, 0.6) is 0 Å². The summed E-state index contributed by atoms with van der Waals surface area (Å²) in [5, 5.41) is 13.5. The first-order valence-electron chi connectivity index (χ1n) is 7.74. The van der Waals surface area contributed by atoms with Gasteiger partial charge in [-0.1, -0.05) is 42.5 Å². The van der Waals surface area contributed by atoms with Crippen LogP contribution in [0.2, 0.25) is 0 Å². The van der Waals surface area contributed by atoms with Gasteiger partial charge in [-0.25, -0.2) is 4.79 Å². The Morgan fingerprint density at radius 1 is 1.13 bits per heavy atom. The average molecular weight is 313 g/mol. The molecule has 0 aliphatic rings. The first-order valence-corrected chi connectivity index (χ1v) is 7.74. The second-order valence-corrected chi connectivity index (χ2v) is 5.63. The summed E-state index contributed by atoms with van der Waals surface area (Å²) in [6.07, 6.45) is 0.309. The molecule has 0 saturated carbocycles. The lowest BCUT2D eigenvalue weighted by Gasteiger charge is -2.17. The lowest BCUT2D eigenvalue weighted by atomic mass is 10.0. The van der Waals surface area contributed by atoms with E-state index in [1.165, 1.54) is 7.11 Å². The summed E-state index contributed by atoms with van der Waals surface area (Å²) < 4.78 is 4.69. The third kappa shape index (κ3) is 5.20. The Hall–Kier alpha value is -2.17. The van der Waals surface area contributed by atoms with E-state index in [0.29, 0.717) is 12.1 Å². The first kappa shape index (κ1) is 17.2. The molecule has 0 amide bonds. The fourth-order valence-electron chi connectivity index (χ4n) is 2.43. The molecular weight excluding hydrogens is 290 g/mol. The maximum absolute atomic E-state index is 11.4. The van der Waals surface area contributed by atoms with Crippen LogP contribution in [-0.2, 0) is 11.2 Å². The number of hydrogen-bond acceptors (Lipinski definition) is 4. The normalized spacial score (nSPS) is 13.3. The Morgan fingerprint density at radius 2 is 1.78 bits per heavy atom. The number of methoxy groups -OCH3 is 1. The molecule has 0 fully saturated rings. The van der Waals surface area contributed by atoms with E-state index in [2.05, 4.69) is 17.0 Å². The predicted molar refractivity (Wildman–Crippen MR) is 90.4 cm³/mol. The van der Waals surface area contributed by atoms with Crippen molar-refractivity contribution in [3.63, 3.8) is 0 Å². The van der Waals surface area contributed by atoms with Gasteiger partial charge in [-0.15, -0.1) is 0 Å². The largest absolute Gasteiger partial charge is 0.465 e. The smallest absolute Gasteiger partial charge is 0.337 e. The summed E-state index contributed by atoms with van der Waals surface area (Å²) >= 11 is 0. The highest BCUT2D eigenvalue weighted by atomic mass is 16.5. The number of carbonyl (C=O) groups excluding carboxylic acids is 1. The van der Waals surface area contributed by atoms with E-state index in [9.17, 15) is 9.90 Å². The Balaban J connectivity index is 1.82. The number of carbonyl (C=O) groups is 1. The monoisotopic (exact) mass is 313 g/mol. The summed E-state index contributed by atoms with van der Waals surface area (Å²) in [6, 6.07) is 17.2. The molecule has 0 saturated heterocycles. The molecule has 4 nitrogen and oxygen atoms in total. The molecule has 2 rings (SSSR count). The summed E-state index contributed by atoms with van der Waals surface area (Å²) in [5.41, 5.74) is 2.60. The van der Waals surface area contributed by atoms with Crippen LogP contribution in [0.1, 0.15) is 34.5 Å². The van der Waals surface area contributed by atoms with Crippen LogP contribution in [0.4, 0.5) is 0 Å². The van der Waals surface area contributed by atoms with Gasteiger partial charge in [0.2, 0.25) is 0 Å². The highest BCUT2D eigenvalue weighted by Crippen LogP contribution is 2.12. The van der Waals surface area contributed by atoms with Gasteiger partial charge < -0.3 is 15.2 Å². The Bertz CT molecular complexity index is 610. The van der Waals surface area contributed by atoms with E-state index >= 15 is 0 Å². The van der Waals surface area contributed by atoms with Crippen molar-refractivity contribution in [3.05, 3.63) is 71.3 Å². The SMILES string of the molecule is COC(=O)c1ccc(C[C@@H](C)NCC(O)c2ccccc2)cc1. The van der Waals surface area contributed by atoms with Crippen molar-refractivity contribution in [3.8, 4) is 0 Å². The minimum absolute atomic E-state index is 0.220. The summed E-state index contributed by atoms with van der Waals surface area (Å²) in [6.45, 7) is 2.58. The van der Waals surface area contributed by atoms with E-state index in [1.807, 2.05) is 42.5 Å². The highest BCUT2D eigenvalue weighted by Gasteiger charge is 2.10. The van der Waals surface area contributed by atoms with Gasteiger partial charge in [0.15, 0.2) is 0 Å². The predicted octanol–water partition coefficient (Wildman–Crippen LogP) is 2.73. The number of ether oxygens (including phenoxy) is 1. The topological polar surface area (TPSA) is 58.6 Å². The van der Waals surface area contributed by atoms with Gasteiger partial charge in [0.05, 0.1) is 18.8 Å². The molecule has 2 N–H and O–H groups in total. The maximum Gasteiger partial charge on any atom is 0.337 e. The number of aliphatic hydroxyl groups is 1. The highest BCUT2D eigenvalue weighted by molar-refractivity contribution is 5.89. The van der Waals surface area contributed by atoms with Crippen LogP contribution in [0, 0.1) is 0 Å². The summed E-state index contributed by atoms with van der Waals surface area (Å²) in [4.78, 5) is 11.4. The van der Waals surface area contributed by atoms with Crippen LogP contribution in [-0.4, -0.2) is 30.8 Å². The lowest BCUT2D eigenvalue weighted by molar-refractivity contribution is 0.0600. The van der Waals surface area contributed by atoms with E-state index in [1.54, 1.807) is 12.1 Å². The maximum atomic E-state index is 11.4. The molecule has 23 heavy (non-hydrogen) atoms. The quantitative estimate of drug-likeness (QED) is 0.772. The molecule has 122 valence electrons. The van der Waals surface area contributed by atoms with Crippen molar-refractivity contribution in [1.29, 1.82) is 0 Å². The fourth-order valence-corrected chi connectivity index (χ4v) is 2.43. The van der Waals surface area contributed by atoms with Gasteiger partial charge in [0, 0.05) is 12.6 Å². The van der Waals surface area contributed by atoms with Crippen LogP contribution < -0.4 is 5.32 Å². The standard InChI is InChI=1S/C19H23NO3/c1-14(20-13-18(21)16-6-4-3-5-7-16)12-15-8-10-17(11-9-15)19(22)23-2/h3-11,14,18,20-21H,12-13H2,1-2H3/t14-,18?/m1/s1. The zero-order chi connectivity index (χ0) is 16.7. The molecule has 0 radical (unpaired) electrons. The molecule has 0 heterocycles. The van der Waals surface area contributed by atoms with E-state index < -0.39 is 6.10 Å². The lowest BCUT2D eigenvalue weighted by Crippen LogP contribution is -2.32. The second kappa shape index (κ2) is 8.46. The number of esters is 1. The molecule has 2 aromatic rings. The minimum Gasteiger partial charge on any atom is -0.465 e. The fraction of sp³-hybridized carbons (Fsp3) is 0.316. The van der Waals surface area contributed by atoms with Crippen LogP contribution in [0.3, 0.4) is 0 Å². The average Bonchev–Trinajstić information content (AvgIpc) is 2.60. The third-order valence-electron chi connectivity index (χ3n) is 3.76. The number of benzene rings is 2. The van der Waals surface area contributed by atoms with E-state index in [4.69, 9.17) is 0 Å². The van der Waals surface area contributed by atoms with Crippen molar-refractivity contribution in [1.82, 2.24) is 5.32 Å². The van der Waals surface area contributed by atoms with E-state index in [-0.39, 0.29) is 12.0 Å². The first-order chi connectivity index (χ1) is 11.1. The molecular formula is C19H23NO3. The molecule has 0 aromatic heterocycles. The number of nitrogens with one attached hydrogen (secondary N) is 1. The molecule has 4 heteroatoms. The Labute approximate surface area is 137 Å². The molecule has 1 unspecified atom stereocenters. The van der Waals surface area contributed by atoms with Crippen molar-refractivity contribution < 1.29 is 14.6 Å². The number of rotatable bonds is 7. The van der Waals surface area contributed by atoms with Crippen LogP contribution >= 0.6 is 0 Å². The van der Waals surface area contributed by atoms with Crippen LogP contribution in [0.25, 0.3) is 0 Å². The van der Waals surface area contributed by atoms with Crippen molar-refractivity contribution >= 4 is 5.97 Å². The number of aliphatic hydroxyl groups excluding tert-OH is 1. The third-order valence-corrected chi connectivity index (χ3v) is 3.76. The van der Waals surface area contributed by atoms with E-state index in [0.717, 1.165) is 17.5 Å². The van der Waals surface area contributed by atoms with Gasteiger partial charge in [-0.05, 0) is 36.6 Å². The Kier molecular flexibility index (Phi) is 6.32. The molecule has 2 aromatic carbocycles. The van der Waals surface area contributed by atoms with Crippen molar-refractivity contribution in [2.24, 2.45) is 0 Å². The minimum atomic E-state index is -0.514. The molecule has 0 aliphatic carbocycles. The van der Waals surface area contributed by atoms with Crippen LogP contribution in [0.15, 0.2) is 54.6 Å². The zero-order valence-electron chi connectivity index (χ0n) is 13.5. The molecule has 0 bridgehead atoms. The van der Waals surface area contributed by atoms with Gasteiger partial charge >= 0.3 is 5.97 Å². The zero-order valence-corrected chi connectivity index (χ0v) is 13.5. The molecule has 2 atom stereocenters. The summed E-state index contributed by atoms with van der Waals surface area (Å²) in [7, 11) is 1.38. The molecule has 0 aliphatic heterocycles. The Morgan fingerprint density at radius 3 is 2.39 bits per heavy atom. The van der Waals surface area contributed by atoms with Gasteiger partial charge in [-0.2, -0.15) is 0 Å². The second-order valence-electron chi connectivity index (χ2n) is 5.63. The van der Waals surface area contributed by atoms with Gasteiger partial charge in [0.25, 0.3) is 0 Å². The summed E-state index contributed by atoms with van der Waals surface area (Å²) in [5.74, 6) is -0.325. The number of hydrogen-bond donors (Lipinski definition) is 2. The molecule has 0 spiro atoms. The van der Waals surface area contributed by atoms with Gasteiger partial charge in [-0.3, -0.25) is 0 Å².